The van der Waals surface area contributed by atoms with E-state index in [4.69, 9.17) is 4.74 Å². The number of rotatable bonds is 5. The quantitative estimate of drug-likeness (QED) is 0.510. The van der Waals surface area contributed by atoms with Crippen LogP contribution in [0.1, 0.15) is 53.0 Å². The zero-order chi connectivity index (χ0) is 23.0. The second kappa shape index (κ2) is 8.26. The van der Waals surface area contributed by atoms with E-state index in [0.717, 1.165) is 26.9 Å². The molecule has 0 aliphatic heterocycles. The molecule has 0 spiro atoms. The molecule has 31 heavy (non-hydrogen) atoms. The molecule has 0 aliphatic carbocycles. The van der Waals surface area contributed by atoms with Gasteiger partial charge in [0, 0.05) is 18.0 Å². The Kier molecular flexibility index (Phi) is 6.04. The van der Waals surface area contributed by atoms with Gasteiger partial charge in [-0.15, -0.1) is 0 Å². The van der Waals surface area contributed by atoms with E-state index in [0.29, 0.717) is 5.13 Å². The van der Waals surface area contributed by atoms with Gasteiger partial charge >= 0.3 is 12.1 Å². The number of aliphatic carboxylic acids is 1. The number of fused-ring (bicyclic) bond motifs is 1. The highest BCUT2D eigenvalue weighted by Crippen LogP contribution is 2.37. The molecule has 1 unspecified atom stereocenters. The van der Waals surface area contributed by atoms with Crippen LogP contribution in [-0.2, 0) is 9.53 Å². The number of hydrogen-bond donors (Lipinski definition) is 2. The summed E-state index contributed by atoms with van der Waals surface area (Å²) in [7, 11) is 0. The molecule has 164 valence electrons. The van der Waals surface area contributed by atoms with E-state index in [1.165, 1.54) is 11.3 Å². The van der Waals surface area contributed by atoms with E-state index in [9.17, 15) is 14.7 Å². The Morgan fingerprint density at radius 2 is 1.81 bits per heavy atom. The zero-order valence-corrected chi connectivity index (χ0v) is 19.3. The van der Waals surface area contributed by atoms with Gasteiger partial charge in [-0.05, 0) is 69.9 Å². The van der Waals surface area contributed by atoms with Crippen molar-refractivity contribution < 1.29 is 19.4 Å². The van der Waals surface area contributed by atoms with Crippen molar-refractivity contribution in [1.29, 1.82) is 0 Å². The van der Waals surface area contributed by atoms with Crippen molar-refractivity contribution in [3.8, 4) is 11.1 Å². The summed E-state index contributed by atoms with van der Waals surface area (Å²) in [5.74, 6) is -1.06. The van der Waals surface area contributed by atoms with Gasteiger partial charge in [-0.1, -0.05) is 24.3 Å². The molecule has 2 heterocycles. The number of thiazole rings is 1. The van der Waals surface area contributed by atoms with E-state index in [-0.39, 0.29) is 5.92 Å². The number of pyridine rings is 1. The van der Waals surface area contributed by atoms with Crippen LogP contribution >= 0.6 is 11.3 Å². The highest BCUT2D eigenvalue weighted by Gasteiger charge is 2.35. The van der Waals surface area contributed by atoms with Crippen LogP contribution in [0.15, 0.2) is 36.7 Å². The van der Waals surface area contributed by atoms with Crippen LogP contribution in [0.4, 0.5) is 9.93 Å². The number of ether oxygens (including phenoxy) is 1. The SMILES string of the molecule is CC(c1cncc(-c2ccc3nc(NC(=O)OC(C)(C)C)sc3c2)c1)C(C)(C)C(=O)O. The molecule has 3 aromatic rings. The minimum atomic E-state index is -0.913. The third-order valence-corrected chi connectivity index (χ3v) is 6.16. The molecule has 0 saturated heterocycles. The Labute approximate surface area is 185 Å². The number of carboxylic acids is 1. The second-order valence-corrected chi connectivity index (χ2v) is 10.1. The van der Waals surface area contributed by atoms with Gasteiger partial charge in [-0.2, -0.15) is 0 Å². The molecule has 2 aromatic heterocycles. The van der Waals surface area contributed by atoms with E-state index in [1.54, 1.807) is 47.0 Å². The van der Waals surface area contributed by atoms with Gasteiger partial charge in [0.2, 0.25) is 0 Å². The maximum Gasteiger partial charge on any atom is 0.413 e. The number of carbonyl (C=O) groups excluding carboxylic acids is 1. The van der Waals surface area contributed by atoms with Crippen molar-refractivity contribution >= 4 is 38.7 Å². The molecule has 7 nitrogen and oxygen atoms in total. The summed E-state index contributed by atoms with van der Waals surface area (Å²) in [4.78, 5) is 32.4. The van der Waals surface area contributed by atoms with E-state index < -0.39 is 23.1 Å². The van der Waals surface area contributed by atoms with Gasteiger partial charge in [-0.3, -0.25) is 15.1 Å². The number of hydrogen-bond acceptors (Lipinski definition) is 6. The third-order valence-electron chi connectivity index (χ3n) is 5.22. The van der Waals surface area contributed by atoms with Crippen LogP contribution in [0.3, 0.4) is 0 Å². The number of carbonyl (C=O) groups is 2. The number of benzene rings is 1. The number of nitrogens with one attached hydrogen (secondary N) is 1. The van der Waals surface area contributed by atoms with E-state index >= 15 is 0 Å². The highest BCUT2D eigenvalue weighted by molar-refractivity contribution is 7.22. The number of carboxylic acid groups (broad SMARTS) is 1. The van der Waals surface area contributed by atoms with Crippen molar-refractivity contribution in [1.82, 2.24) is 9.97 Å². The summed E-state index contributed by atoms with van der Waals surface area (Å²) >= 11 is 1.36. The lowest BCUT2D eigenvalue weighted by Crippen LogP contribution is -2.29. The van der Waals surface area contributed by atoms with Gasteiger partial charge in [0.25, 0.3) is 0 Å². The van der Waals surface area contributed by atoms with E-state index in [1.807, 2.05) is 31.2 Å². The topological polar surface area (TPSA) is 101 Å². The number of nitrogens with zero attached hydrogens (tertiary/aromatic N) is 2. The lowest BCUT2D eigenvalue weighted by atomic mass is 9.76. The molecule has 3 rings (SSSR count). The van der Waals surface area contributed by atoms with Gasteiger partial charge in [0.05, 0.1) is 15.6 Å². The van der Waals surface area contributed by atoms with Crippen LogP contribution in [0.2, 0.25) is 0 Å². The monoisotopic (exact) mass is 441 g/mol. The minimum Gasteiger partial charge on any atom is -0.481 e. The van der Waals surface area contributed by atoms with Gasteiger partial charge in [0.1, 0.15) is 5.60 Å². The summed E-state index contributed by atoms with van der Waals surface area (Å²) < 4.78 is 6.19. The first-order chi connectivity index (χ1) is 14.4. The Hall–Kier alpha value is -3.00. The largest absolute Gasteiger partial charge is 0.481 e. The highest BCUT2D eigenvalue weighted by atomic mass is 32.1. The lowest BCUT2D eigenvalue weighted by Gasteiger charge is -2.27. The maximum atomic E-state index is 12.0. The Morgan fingerprint density at radius 3 is 2.45 bits per heavy atom. The van der Waals surface area contributed by atoms with Crippen LogP contribution < -0.4 is 5.32 Å². The lowest BCUT2D eigenvalue weighted by molar-refractivity contribution is -0.148. The van der Waals surface area contributed by atoms with E-state index in [2.05, 4.69) is 15.3 Å². The third kappa shape index (κ3) is 5.19. The molecule has 1 atom stereocenters. The zero-order valence-electron chi connectivity index (χ0n) is 18.5. The van der Waals surface area contributed by atoms with Crippen LogP contribution in [-0.4, -0.2) is 32.7 Å². The standard InChI is InChI=1S/C23H27N3O4S/c1-13(23(5,6)19(27)28)15-9-16(12-24-11-15)14-7-8-17-18(10-14)31-20(25-17)26-21(29)30-22(2,3)4/h7-13H,1-6H3,(H,27,28)(H,25,26,29). The minimum absolute atomic E-state index is 0.214. The van der Waals surface area contributed by atoms with Crippen LogP contribution in [0.25, 0.3) is 21.3 Å². The Morgan fingerprint density at radius 1 is 1.10 bits per heavy atom. The number of amides is 1. The molecule has 0 fully saturated rings. The normalized spacial score (nSPS) is 13.1. The predicted molar refractivity (Wildman–Crippen MR) is 123 cm³/mol. The second-order valence-electron chi connectivity index (χ2n) is 9.08. The van der Waals surface area contributed by atoms with Gasteiger partial charge in [-0.25, -0.2) is 9.78 Å². The molecule has 0 radical (unpaired) electrons. The molecule has 1 aromatic carbocycles. The van der Waals surface area contributed by atoms with Gasteiger partial charge < -0.3 is 9.84 Å². The first kappa shape index (κ1) is 22.7. The number of aromatic nitrogens is 2. The Bertz CT molecular complexity index is 1130. The molecule has 0 bridgehead atoms. The van der Waals surface area contributed by atoms with Crippen molar-refractivity contribution in [2.45, 2.75) is 53.1 Å². The smallest absolute Gasteiger partial charge is 0.413 e. The van der Waals surface area contributed by atoms with Crippen molar-refractivity contribution in [3.63, 3.8) is 0 Å². The first-order valence-corrected chi connectivity index (χ1v) is 10.8. The van der Waals surface area contributed by atoms with Gasteiger partial charge in [0.15, 0.2) is 5.13 Å². The summed E-state index contributed by atoms with van der Waals surface area (Å²) in [5.41, 5.74) is 1.96. The fraction of sp³-hybridized carbons (Fsp3) is 0.391. The molecular weight excluding hydrogens is 414 g/mol. The van der Waals surface area contributed by atoms with Crippen molar-refractivity contribution in [2.75, 3.05) is 5.32 Å². The fourth-order valence-corrected chi connectivity index (χ4v) is 3.89. The average Bonchev–Trinajstić information content (AvgIpc) is 3.06. The summed E-state index contributed by atoms with van der Waals surface area (Å²) in [6.07, 6.45) is 2.93. The molecule has 1 amide bonds. The first-order valence-electron chi connectivity index (χ1n) is 9.96. The summed E-state index contributed by atoms with van der Waals surface area (Å²) in [6, 6.07) is 7.79. The predicted octanol–water partition coefficient (Wildman–Crippen LogP) is 5.92. The molecule has 0 aliphatic rings. The van der Waals surface area contributed by atoms with Crippen molar-refractivity contribution in [3.05, 3.63) is 42.2 Å². The van der Waals surface area contributed by atoms with Crippen LogP contribution in [0.5, 0.6) is 0 Å². The molecule has 2 N–H and O–H groups in total. The molecule has 8 heteroatoms. The Balaban J connectivity index is 1.87. The van der Waals surface area contributed by atoms with Crippen LogP contribution in [0, 0.1) is 5.41 Å². The maximum absolute atomic E-state index is 12.0. The number of anilines is 1. The summed E-state index contributed by atoms with van der Waals surface area (Å²) in [5, 5.41) is 12.7. The molecular formula is C23H27N3O4S. The fourth-order valence-electron chi connectivity index (χ4n) is 3.00. The average molecular weight is 442 g/mol. The molecule has 0 saturated carbocycles. The summed E-state index contributed by atoms with van der Waals surface area (Å²) in [6.45, 7) is 10.7. The van der Waals surface area contributed by atoms with Crippen molar-refractivity contribution in [2.24, 2.45) is 5.41 Å².